The van der Waals surface area contributed by atoms with Crippen LogP contribution in [0, 0.1) is 23.2 Å². The molecule has 4 bridgehead atoms. The Morgan fingerprint density at radius 1 is 0.760 bits per heavy atom. The first-order chi connectivity index (χ1) is 12.1. The minimum atomic E-state index is -0.154. The van der Waals surface area contributed by atoms with Crippen molar-refractivity contribution in [2.24, 2.45) is 23.2 Å². The Balaban J connectivity index is 1.35. The highest BCUT2D eigenvalue weighted by atomic mass is 16.2. The minimum absolute atomic E-state index is 0.0977. The van der Waals surface area contributed by atoms with Gasteiger partial charge in [-0.05, 0) is 88.4 Å². The molecule has 2 amide bonds. The van der Waals surface area contributed by atoms with Gasteiger partial charge in [-0.3, -0.25) is 9.59 Å². The minimum Gasteiger partial charge on any atom is -0.341 e. The molecule has 6 rings (SSSR count). The zero-order valence-electron chi connectivity index (χ0n) is 15.4. The van der Waals surface area contributed by atoms with Gasteiger partial charge in [-0.15, -0.1) is 0 Å². The van der Waals surface area contributed by atoms with Gasteiger partial charge < -0.3 is 9.80 Å². The van der Waals surface area contributed by atoms with Gasteiger partial charge in [-0.1, -0.05) is 0 Å². The molecule has 2 aliphatic heterocycles. The van der Waals surface area contributed by atoms with Gasteiger partial charge in [0, 0.05) is 19.6 Å². The standard InChI is InChI=1S/C21H32N2O2/c24-19(22-6-2-1-3-7-22)18-5-4-8-23(18)20(25)21-12-15-9-16(13-21)11-17(10-15)14-21/h15-18H,1-14H2. The van der Waals surface area contributed by atoms with Gasteiger partial charge in [-0.2, -0.15) is 0 Å². The van der Waals surface area contributed by atoms with Crippen molar-refractivity contribution in [2.75, 3.05) is 19.6 Å². The van der Waals surface area contributed by atoms with Crippen molar-refractivity contribution in [1.82, 2.24) is 9.80 Å². The van der Waals surface area contributed by atoms with Crippen LogP contribution in [0.5, 0.6) is 0 Å². The van der Waals surface area contributed by atoms with Gasteiger partial charge in [0.2, 0.25) is 11.8 Å². The van der Waals surface area contributed by atoms with E-state index in [1.54, 1.807) is 0 Å². The van der Waals surface area contributed by atoms with Crippen LogP contribution in [0.25, 0.3) is 0 Å². The molecule has 6 fully saturated rings. The number of carbonyl (C=O) groups is 2. The summed E-state index contributed by atoms with van der Waals surface area (Å²) in [6.07, 6.45) is 12.8. The Hall–Kier alpha value is -1.06. The zero-order valence-corrected chi connectivity index (χ0v) is 15.4. The molecule has 0 spiro atoms. The monoisotopic (exact) mass is 344 g/mol. The molecular weight excluding hydrogens is 312 g/mol. The smallest absolute Gasteiger partial charge is 0.245 e. The predicted octanol–water partition coefficient (Wildman–Crippen LogP) is 3.21. The third kappa shape index (κ3) is 2.62. The van der Waals surface area contributed by atoms with Crippen molar-refractivity contribution in [3.63, 3.8) is 0 Å². The third-order valence-corrected chi connectivity index (χ3v) is 7.96. The van der Waals surface area contributed by atoms with E-state index in [4.69, 9.17) is 0 Å². The van der Waals surface area contributed by atoms with Crippen molar-refractivity contribution in [1.29, 1.82) is 0 Å². The van der Waals surface area contributed by atoms with Crippen molar-refractivity contribution in [2.45, 2.75) is 76.7 Å². The van der Waals surface area contributed by atoms with Gasteiger partial charge >= 0.3 is 0 Å². The largest absolute Gasteiger partial charge is 0.341 e. The summed E-state index contributed by atoms with van der Waals surface area (Å²) in [6.45, 7) is 2.61. The molecule has 2 heterocycles. The molecule has 4 aliphatic carbocycles. The highest BCUT2D eigenvalue weighted by Gasteiger charge is 2.57. The Morgan fingerprint density at radius 2 is 1.36 bits per heavy atom. The lowest BCUT2D eigenvalue weighted by Gasteiger charge is -2.56. The molecule has 0 radical (unpaired) electrons. The number of amides is 2. The topological polar surface area (TPSA) is 40.6 Å². The summed E-state index contributed by atoms with van der Waals surface area (Å²) in [5.41, 5.74) is -0.0977. The fraction of sp³-hybridized carbons (Fsp3) is 0.905. The molecule has 0 aromatic carbocycles. The first-order valence-corrected chi connectivity index (χ1v) is 10.7. The number of carbonyl (C=O) groups excluding carboxylic acids is 2. The van der Waals surface area contributed by atoms with Crippen molar-refractivity contribution in [3.8, 4) is 0 Å². The van der Waals surface area contributed by atoms with Gasteiger partial charge in [0.25, 0.3) is 0 Å². The molecule has 0 aromatic rings. The quantitative estimate of drug-likeness (QED) is 0.772. The maximum absolute atomic E-state index is 13.7. The van der Waals surface area contributed by atoms with Crippen LogP contribution >= 0.6 is 0 Å². The summed E-state index contributed by atoms with van der Waals surface area (Å²) in [5, 5.41) is 0. The number of hydrogen-bond donors (Lipinski definition) is 0. The van der Waals surface area contributed by atoms with Crippen LogP contribution in [0.2, 0.25) is 0 Å². The van der Waals surface area contributed by atoms with E-state index in [1.165, 1.54) is 25.7 Å². The molecule has 1 atom stereocenters. The summed E-state index contributed by atoms with van der Waals surface area (Å²) in [7, 11) is 0. The van der Waals surface area contributed by atoms with E-state index < -0.39 is 0 Å². The average molecular weight is 344 g/mol. The van der Waals surface area contributed by atoms with E-state index in [9.17, 15) is 9.59 Å². The van der Waals surface area contributed by atoms with Gasteiger partial charge in [0.05, 0.1) is 5.41 Å². The lowest BCUT2D eigenvalue weighted by atomic mass is 9.49. The fourth-order valence-electron chi connectivity index (χ4n) is 7.27. The maximum atomic E-state index is 13.7. The first-order valence-electron chi connectivity index (χ1n) is 10.7. The summed E-state index contributed by atoms with van der Waals surface area (Å²) < 4.78 is 0. The van der Waals surface area contributed by atoms with Crippen LogP contribution in [-0.4, -0.2) is 47.3 Å². The predicted molar refractivity (Wildman–Crippen MR) is 95.8 cm³/mol. The van der Waals surface area contributed by atoms with E-state index in [1.807, 2.05) is 9.80 Å². The van der Waals surface area contributed by atoms with Crippen LogP contribution in [0.4, 0.5) is 0 Å². The Kier molecular flexibility index (Phi) is 3.87. The summed E-state index contributed by atoms with van der Waals surface area (Å²) >= 11 is 0. The highest BCUT2D eigenvalue weighted by Crippen LogP contribution is 2.60. The lowest BCUT2D eigenvalue weighted by Crippen LogP contribution is -2.57. The number of hydrogen-bond acceptors (Lipinski definition) is 2. The van der Waals surface area contributed by atoms with Crippen LogP contribution < -0.4 is 0 Å². The number of nitrogens with zero attached hydrogens (tertiary/aromatic N) is 2. The lowest BCUT2D eigenvalue weighted by molar-refractivity contribution is -0.162. The molecule has 0 aromatic heterocycles. The fourth-order valence-corrected chi connectivity index (χ4v) is 7.27. The first kappa shape index (κ1) is 16.1. The second kappa shape index (κ2) is 5.99. The average Bonchev–Trinajstić information content (AvgIpc) is 3.09. The summed E-state index contributed by atoms with van der Waals surface area (Å²) in [4.78, 5) is 30.8. The Bertz CT molecular complexity index is 531. The molecule has 138 valence electrons. The number of rotatable bonds is 2. The van der Waals surface area contributed by atoms with Gasteiger partial charge in [-0.25, -0.2) is 0 Å². The molecular formula is C21H32N2O2. The Morgan fingerprint density at radius 3 is 1.96 bits per heavy atom. The second-order valence-electron chi connectivity index (χ2n) is 9.74. The molecule has 25 heavy (non-hydrogen) atoms. The van der Waals surface area contributed by atoms with Crippen LogP contribution in [0.1, 0.15) is 70.6 Å². The maximum Gasteiger partial charge on any atom is 0.245 e. The van der Waals surface area contributed by atoms with Gasteiger partial charge in [0.1, 0.15) is 6.04 Å². The van der Waals surface area contributed by atoms with E-state index in [2.05, 4.69) is 0 Å². The molecule has 4 nitrogen and oxygen atoms in total. The van der Waals surface area contributed by atoms with Crippen LogP contribution in [0.15, 0.2) is 0 Å². The van der Waals surface area contributed by atoms with Crippen LogP contribution in [-0.2, 0) is 9.59 Å². The highest BCUT2D eigenvalue weighted by molar-refractivity contribution is 5.91. The Labute approximate surface area is 151 Å². The number of likely N-dealkylation sites (tertiary alicyclic amines) is 2. The van der Waals surface area contributed by atoms with Crippen molar-refractivity contribution in [3.05, 3.63) is 0 Å². The molecule has 4 heteroatoms. The van der Waals surface area contributed by atoms with Crippen molar-refractivity contribution >= 4 is 11.8 Å². The van der Waals surface area contributed by atoms with E-state index in [-0.39, 0.29) is 17.4 Å². The van der Waals surface area contributed by atoms with Crippen molar-refractivity contribution < 1.29 is 9.59 Å². The summed E-state index contributed by atoms with van der Waals surface area (Å²) in [6, 6.07) is -0.154. The molecule has 4 saturated carbocycles. The normalized spacial score (nSPS) is 42.9. The zero-order chi connectivity index (χ0) is 17.0. The summed E-state index contributed by atoms with van der Waals surface area (Å²) in [5.74, 6) is 2.96. The molecule has 0 N–H and O–H groups in total. The second-order valence-corrected chi connectivity index (χ2v) is 9.74. The van der Waals surface area contributed by atoms with Crippen LogP contribution in [0.3, 0.4) is 0 Å². The molecule has 6 aliphatic rings. The van der Waals surface area contributed by atoms with E-state index >= 15 is 0 Å². The third-order valence-electron chi connectivity index (χ3n) is 7.96. The van der Waals surface area contributed by atoms with E-state index in [0.717, 1.165) is 82.3 Å². The molecule has 1 unspecified atom stereocenters. The van der Waals surface area contributed by atoms with Gasteiger partial charge in [0.15, 0.2) is 0 Å². The molecule has 2 saturated heterocycles. The number of piperidine rings is 1. The SMILES string of the molecule is O=C(C1CCCN1C(=O)C12CC3CC(CC(C3)C1)C2)N1CCCCC1. The van der Waals surface area contributed by atoms with E-state index in [0.29, 0.717) is 5.91 Å².